The zero-order valence-corrected chi connectivity index (χ0v) is 13.7. The Morgan fingerprint density at radius 3 is 2.60 bits per heavy atom. The molecule has 0 saturated heterocycles. The molecule has 0 aliphatic carbocycles. The molecule has 0 amide bonds. The number of anilines is 2. The second-order valence-corrected chi connectivity index (χ2v) is 6.36. The van der Waals surface area contributed by atoms with Crippen molar-refractivity contribution in [3.8, 4) is 0 Å². The summed E-state index contributed by atoms with van der Waals surface area (Å²) in [5, 5.41) is 2.10. The van der Waals surface area contributed by atoms with Crippen LogP contribution in [0.25, 0.3) is 10.8 Å². The normalized spacial score (nSPS) is 15.3. The van der Waals surface area contributed by atoms with Crippen LogP contribution < -0.4 is 9.80 Å². The molecule has 2 aliphatic rings. The van der Waals surface area contributed by atoms with E-state index in [1.54, 1.807) is 0 Å². The number of aliphatic imine (C=N–C) groups is 1. The molecule has 3 aromatic rings. The van der Waals surface area contributed by atoms with Crippen LogP contribution in [0.5, 0.6) is 0 Å². The molecule has 0 spiro atoms. The minimum atomic E-state index is 0.114. The SMILES string of the molecule is O=C(CN1C2=NCCN2c2ccccc21)c1cccc2ccccc12. The maximum Gasteiger partial charge on any atom is 0.206 e. The van der Waals surface area contributed by atoms with Gasteiger partial charge < -0.3 is 9.80 Å². The average Bonchev–Trinajstić information content (AvgIpc) is 3.24. The lowest BCUT2D eigenvalue weighted by atomic mass is 10.0. The van der Waals surface area contributed by atoms with E-state index in [0.717, 1.165) is 46.8 Å². The highest BCUT2D eigenvalue weighted by Gasteiger charge is 2.36. The van der Waals surface area contributed by atoms with E-state index in [1.165, 1.54) is 0 Å². The third kappa shape index (κ3) is 2.14. The number of ketones is 1. The van der Waals surface area contributed by atoms with Crippen molar-refractivity contribution >= 4 is 33.9 Å². The highest BCUT2D eigenvalue weighted by atomic mass is 16.1. The smallest absolute Gasteiger partial charge is 0.206 e. The summed E-state index contributed by atoms with van der Waals surface area (Å²) in [6, 6.07) is 22.1. The molecule has 0 saturated carbocycles. The van der Waals surface area contributed by atoms with E-state index in [0.29, 0.717) is 6.54 Å². The van der Waals surface area contributed by atoms with Crippen LogP contribution in [0, 0.1) is 0 Å². The van der Waals surface area contributed by atoms with Crippen LogP contribution in [-0.4, -0.2) is 31.4 Å². The number of nitrogens with zero attached hydrogens (tertiary/aromatic N) is 3. The standard InChI is InChI=1S/C21H17N3O/c25-20(17-9-5-7-15-6-1-2-8-16(15)17)14-24-19-11-4-3-10-18(19)23-13-12-22-21(23)24/h1-11H,12-14H2. The Kier molecular flexibility index (Phi) is 3.10. The molecule has 0 N–H and O–H groups in total. The van der Waals surface area contributed by atoms with Crippen molar-refractivity contribution in [2.45, 2.75) is 0 Å². The molecule has 4 nitrogen and oxygen atoms in total. The molecule has 0 atom stereocenters. The van der Waals surface area contributed by atoms with Crippen LogP contribution in [0.1, 0.15) is 10.4 Å². The van der Waals surface area contributed by atoms with Gasteiger partial charge in [0.1, 0.15) is 0 Å². The fraction of sp³-hybridized carbons (Fsp3) is 0.143. The predicted molar refractivity (Wildman–Crippen MR) is 102 cm³/mol. The summed E-state index contributed by atoms with van der Waals surface area (Å²) >= 11 is 0. The summed E-state index contributed by atoms with van der Waals surface area (Å²) in [7, 11) is 0. The summed E-state index contributed by atoms with van der Waals surface area (Å²) in [5.74, 6) is 1.01. The molecule has 3 aromatic carbocycles. The van der Waals surface area contributed by atoms with Gasteiger partial charge in [0.05, 0.1) is 24.5 Å². The lowest BCUT2D eigenvalue weighted by molar-refractivity contribution is 0.100. The van der Waals surface area contributed by atoms with Gasteiger partial charge >= 0.3 is 0 Å². The van der Waals surface area contributed by atoms with Crippen LogP contribution in [0.2, 0.25) is 0 Å². The molecule has 0 radical (unpaired) electrons. The molecule has 2 aliphatic heterocycles. The predicted octanol–water partition coefficient (Wildman–Crippen LogP) is 3.72. The number of guanidine groups is 1. The molecule has 2 heterocycles. The molecule has 0 aromatic heterocycles. The van der Waals surface area contributed by atoms with Crippen molar-refractivity contribution in [1.82, 2.24) is 0 Å². The van der Waals surface area contributed by atoms with Crippen molar-refractivity contribution in [2.24, 2.45) is 4.99 Å². The first kappa shape index (κ1) is 14.2. The zero-order chi connectivity index (χ0) is 16.8. The second-order valence-electron chi connectivity index (χ2n) is 6.36. The van der Waals surface area contributed by atoms with Gasteiger partial charge in [0, 0.05) is 12.1 Å². The Morgan fingerprint density at radius 2 is 1.68 bits per heavy atom. The van der Waals surface area contributed by atoms with E-state index in [1.807, 2.05) is 59.5 Å². The number of carbonyl (C=O) groups is 1. The van der Waals surface area contributed by atoms with Crippen molar-refractivity contribution in [3.63, 3.8) is 0 Å². The fourth-order valence-electron chi connectivity index (χ4n) is 3.78. The Labute approximate surface area is 146 Å². The molecule has 122 valence electrons. The minimum absolute atomic E-state index is 0.114. The number of benzene rings is 3. The summed E-state index contributed by atoms with van der Waals surface area (Å²) < 4.78 is 0. The summed E-state index contributed by atoms with van der Waals surface area (Å²) in [5.41, 5.74) is 2.98. The largest absolute Gasteiger partial charge is 0.308 e. The molecule has 5 rings (SSSR count). The van der Waals surface area contributed by atoms with Gasteiger partial charge in [-0.15, -0.1) is 0 Å². The lowest BCUT2D eigenvalue weighted by Gasteiger charge is -2.19. The summed E-state index contributed by atoms with van der Waals surface area (Å²) in [4.78, 5) is 22.0. The van der Waals surface area contributed by atoms with Gasteiger partial charge in [0.25, 0.3) is 0 Å². The maximum atomic E-state index is 13.1. The first-order valence-corrected chi connectivity index (χ1v) is 8.52. The Balaban J connectivity index is 1.54. The lowest BCUT2D eigenvalue weighted by Crippen LogP contribution is -2.38. The second kappa shape index (κ2) is 5.45. The van der Waals surface area contributed by atoms with Crippen molar-refractivity contribution in [1.29, 1.82) is 0 Å². The quantitative estimate of drug-likeness (QED) is 0.688. The van der Waals surface area contributed by atoms with Gasteiger partial charge in [-0.2, -0.15) is 0 Å². The molecule has 4 heteroatoms. The molecule has 0 fully saturated rings. The van der Waals surface area contributed by atoms with E-state index in [-0.39, 0.29) is 5.78 Å². The third-order valence-electron chi connectivity index (χ3n) is 4.91. The summed E-state index contributed by atoms with van der Waals surface area (Å²) in [6.45, 7) is 1.97. The number of para-hydroxylation sites is 2. The fourth-order valence-corrected chi connectivity index (χ4v) is 3.78. The number of rotatable bonds is 3. The van der Waals surface area contributed by atoms with Crippen molar-refractivity contribution in [3.05, 3.63) is 72.3 Å². The van der Waals surface area contributed by atoms with E-state index in [9.17, 15) is 4.79 Å². The number of carbonyl (C=O) groups excluding carboxylic acids is 1. The van der Waals surface area contributed by atoms with Crippen molar-refractivity contribution in [2.75, 3.05) is 29.4 Å². The highest BCUT2D eigenvalue weighted by Crippen LogP contribution is 2.38. The van der Waals surface area contributed by atoms with Gasteiger partial charge in [-0.25, -0.2) is 0 Å². The van der Waals surface area contributed by atoms with Crippen LogP contribution in [0.3, 0.4) is 0 Å². The maximum absolute atomic E-state index is 13.1. The Morgan fingerprint density at radius 1 is 0.920 bits per heavy atom. The molecular formula is C21H17N3O. The zero-order valence-electron chi connectivity index (χ0n) is 13.7. The summed E-state index contributed by atoms with van der Waals surface area (Å²) in [6.07, 6.45) is 0. The third-order valence-corrected chi connectivity index (χ3v) is 4.91. The highest BCUT2D eigenvalue weighted by molar-refractivity contribution is 6.21. The Hall–Kier alpha value is -3.14. The van der Waals surface area contributed by atoms with Crippen LogP contribution >= 0.6 is 0 Å². The number of fused-ring (bicyclic) bond motifs is 4. The molecule has 0 bridgehead atoms. The van der Waals surface area contributed by atoms with Gasteiger partial charge in [-0.3, -0.25) is 9.79 Å². The number of hydrogen-bond donors (Lipinski definition) is 0. The Bertz CT molecular complexity index is 1020. The van der Waals surface area contributed by atoms with Crippen LogP contribution in [-0.2, 0) is 0 Å². The minimum Gasteiger partial charge on any atom is -0.308 e. The van der Waals surface area contributed by atoms with Gasteiger partial charge in [-0.05, 0) is 22.9 Å². The van der Waals surface area contributed by atoms with Crippen LogP contribution in [0.4, 0.5) is 11.4 Å². The van der Waals surface area contributed by atoms with Gasteiger partial charge in [-0.1, -0.05) is 54.6 Å². The van der Waals surface area contributed by atoms with Gasteiger partial charge in [0.2, 0.25) is 5.96 Å². The monoisotopic (exact) mass is 327 g/mol. The van der Waals surface area contributed by atoms with E-state index >= 15 is 0 Å². The first-order chi connectivity index (χ1) is 12.3. The van der Waals surface area contributed by atoms with Crippen molar-refractivity contribution < 1.29 is 4.79 Å². The van der Waals surface area contributed by atoms with E-state index < -0.39 is 0 Å². The topological polar surface area (TPSA) is 35.9 Å². The first-order valence-electron chi connectivity index (χ1n) is 8.52. The molecule has 0 unspecified atom stereocenters. The number of Topliss-reactive ketones (excluding diaryl/α,β-unsaturated/α-hetero) is 1. The molecule has 25 heavy (non-hydrogen) atoms. The van der Waals surface area contributed by atoms with E-state index in [4.69, 9.17) is 0 Å². The average molecular weight is 327 g/mol. The van der Waals surface area contributed by atoms with E-state index in [2.05, 4.69) is 22.0 Å². The number of hydrogen-bond acceptors (Lipinski definition) is 4. The van der Waals surface area contributed by atoms with Crippen LogP contribution in [0.15, 0.2) is 71.7 Å². The van der Waals surface area contributed by atoms with Gasteiger partial charge in [0.15, 0.2) is 5.78 Å². The molecular weight excluding hydrogens is 310 g/mol.